The summed E-state index contributed by atoms with van der Waals surface area (Å²) in [5.74, 6) is 1.64. The van der Waals surface area contributed by atoms with Crippen molar-refractivity contribution in [1.82, 2.24) is 4.90 Å². The van der Waals surface area contributed by atoms with Crippen LogP contribution < -0.4 is 0 Å². The predicted octanol–water partition coefficient (Wildman–Crippen LogP) is 3.59. The molecule has 1 saturated carbocycles. The van der Waals surface area contributed by atoms with E-state index < -0.39 is 0 Å². The van der Waals surface area contributed by atoms with Crippen molar-refractivity contribution in [1.29, 1.82) is 0 Å². The maximum absolute atomic E-state index is 5.88. The van der Waals surface area contributed by atoms with E-state index in [4.69, 9.17) is 9.47 Å². The van der Waals surface area contributed by atoms with Crippen LogP contribution in [0.3, 0.4) is 0 Å². The smallest absolute Gasteiger partial charge is 0.0716 e. The van der Waals surface area contributed by atoms with E-state index >= 15 is 0 Å². The van der Waals surface area contributed by atoms with Gasteiger partial charge in [-0.1, -0.05) is 44.2 Å². The minimum absolute atomic E-state index is 0.453. The summed E-state index contributed by atoms with van der Waals surface area (Å²) in [7, 11) is 0. The summed E-state index contributed by atoms with van der Waals surface area (Å²) in [6.45, 7) is 11.8. The molecule has 1 saturated heterocycles. The molecule has 1 aromatic carbocycles. The Morgan fingerprint density at radius 2 is 1.87 bits per heavy atom. The summed E-state index contributed by atoms with van der Waals surface area (Å²) in [6.07, 6.45) is 2.55. The van der Waals surface area contributed by atoms with Gasteiger partial charge in [0.15, 0.2) is 0 Å². The second kappa shape index (κ2) is 7.78. The molecule has 3 rings (SSSR count). The lowest BCUT2D eigenvalue weighted by molar-refractivity contribution is -0.0695. The molecular formula is C20H31NO2. The molecule has 128 valence electrons. The minimum atomic E-state index is 0.453. The Bertz CT molecular complexity index is 468. The van der Waals surface area contributed by atoms with Crippen molar-refractivity contribution < 1.29 is 9.47 Å². The molecule has 3 nitrogen and oxygen atoms in total. The second-order valence-corrected chi connectivity index (χ2v) is 7.69. The summed E-state index contributed by atoms with van der Waals surface area (Å²) >= 11 is 0. The van der Waals surface area contributed by atoms with Gasteiger partial charge in [0.25, 0.3) is 0 Å². The molecule has 0 amide bonds. The van der Waals surface area contributed by atoms with Gasteiger partial charge in [-0.3, -0.25) is 4.90 Å². The third-order valence-corrected chi connectivity index (χ3v) is 5.98. The van der Waals surface area contributed by atoms with Crippen molar-refractivity contribution in [2.45, 2.75) is 33.3 Å². The normalized spacial score (nSPS) is 27.6. The molecule has 1 aromatic rings. The number of benzene rings is 1. The van der Waals surface area contributed by atoms with E-state index in [0.717, 1.165) is 51.4 Å². The van der Waals surface area contributed by atoms with Gasteiger partial charge in [-0.05, 0) is 35.7 Å². The van der Waals surface area contributed by atoms with E-state index in [0.29, 0.717) is 5.41 Å². The van der Waals surface area contributed by atoms with Crippen LogP contribution in [0.5, 0.6) is 0 Å². The fourth-order valence-corrected chi connectivity index (χ4v) is 4.01. The minimum Gasteiger partial charge on any atom is -0.379 e. The quantitative estimate of drug-likeness (QED) is 0.717. The molecule has 0 bridgehead atoms. The van der Waals surface area contributed by atoms with Crippen molar-refractivity contribution in [2.75, 3.05) is 39.5 Å². The topological polar surface area (TPSA) is 21.7 Å². The first-order chi connectivity index (χ1) is 11.2. The number of nitrogens with zero attached hydrogens (tertiary/aromatic N) is 1. The Morgan fingerprint density at radius 3 is 2.57 bits per heavy atom. The molecule has 1 aliphatic heterocycles. The highest BCUT2D eigenvalue weighted by molar-refractivity contribution is 5.13. The van der Waals surface area contributed by atoms with Crippen molar-refractivity contribution in [2.24, 2.45) is 17.3 Å². The molecular weight excluding hydrogens is 286 g/mol. The average Bonchev–Trinajstić information content (AvgIpc) is 2.58. The van der Waals surface area contributed by atoms with Crippen LogP contribution in [0.15, 0.2) is 30.3 Å². The first-order valence-corrected chi connectivity index (χ1v) is 9.08. The first-order valence-electron chi connectivity index (χ1n) is 9.08. The molecule has 2 atom stereocenters. The maximum Gasteiger partial charge on any atom is 0.0716 e. The number of rotatable bonds is 7. The van der Waals surface area contributed by atoms with Crippen molar-refractivity contribution >= 4 is 0 Å². The highest BCUT2D eigenvalue weighted by Gasteiger charge is 2.47. The summed E-state index contributed by atoms with van der Waals surface area (Å²) < 4.78 is 11.3. The van der Waals surface area contributed by atoms with Crippen LogP contribution in [0.4, 0.5) is 0 Å². The largest absolute Gasteiger partial charge is 0.379 e. The Kier molecular flexibility index (Phi) is 5.73. The van der Waals surface area contributed by atoms with E-state index in [1.54, 1.807) is 0 Å². The Morgan fingerprint density at radius 1 is 1.13 bits per heavy atom. The lowest BCUT2D eigenvalue weighted by Crippen LogP contribution is -2.52. The molecule has 0 aromatic heterocycles. The molecule has 0 spiro atoms. The van der Waals surface area contributed by atoms with E-state index in [1.807, 2.05) is 0 Å². The molecule has 0 radical (unpaired) electrons. The number of hydrogen-bond acceptors (Lipinski definition) is 3. The van der Waals surface area contributed by atoms with E-state index in [1.165, 1.54) is 24.9 Å². The lowest BCUT2D eigenvalue weighted by atomic mass is 9.53. The summed E-state index contributed by atoms with van der Waals surface area (Å²) in [6, 6.07) is 10.5. The standard InChI is InChI=1S/C20H31NO2/c1-20(2)18(8-11-23-16-17-6-4-3-5-7-17)14-19(20)15-21-9-12-22-13-10-21/h3-7,18-19H,8-16H2,1-2H3/t18-,19?/m0/s1. The van der Waals surface area contributed by atoms with Gasteiger partial charge >= 0.3 is 0 Å². The molecule has 1 unspecified atom stereocenters. The Labute approximate surface area is 141 Å². The summed E-state index contributed by atoms with van der Waals surface area (Å²) in [4.78, 5) is 2.58. The Hall–Kier alpha value is -0.900. The van der Waals surface area contributed by atoms with Gasteiger partial charge in [0.05, 0.1) is 19.8 Å². The van der Waals surface area contributed by atoms with Crippen molar-refractivity contribution in [3.63, 3.8) is 0 Å². The summed E-state index contributed by atoms with van der Waals surface area (Å²) in [5, 5.41) is 0. The van der Waals surface area contributed by atoms with Crippen LogP contribution in [-0.2, 0) is 16.1 Å². The molecule has 23 heavy (non-hydrogen) atoms. The highest BCUT2D eigenvalue weighted by Crippen LogP contribution is 2.53. The zero-order chi connectivity index (χ0) is 16.1. The van der Waals surface area contributed by atoms with Gasteiger partial charge in [-0.25, -0.2) is 0 Å². The SMILES string of the molecule is CC1(C)C(CN2CCOCC2)C[C@@H]1CCOCc1ccccc1. The van der Waals surface area contributed by atoms with Crippen LogP contribution in [0.1, 0.15) is 32.3 Å². The van der Waals surface area contributed by atoms with Crippen LogP contribution >= 0.6 is 0 Å². The van der Waals surface area contributed by atoms with Gasteiger partial charge < -0.3 is 9.47 Å². The van der Waals surface area contributed by atoms with E-state index in [9.17, 15) is 0 Å². The molecule has 0 N–H and O–H groups in total. The van der Waals surface area contributed by atoms with Gasteiger partial charge in [-0.2, -0.15) is 0 Å². The number of hydrogen-bond donors (Lipinski definition) is 0. The van der Waals surface area contributed by atoms with Crippen LogP contribution in [0, 0.1) is 17.3 Å². The third kappa shape index (κ3) is 4.34. The van der Waals surface area contributed by atoms with Crippen molar-refractivity contribution in [3.05, 3.63) is 35.9 Å². The maximum atomic E-state index is 5.88. The number of ether oxygens (including phenoxy) is 2. The summed E-state index contributed by atoms with van der Waals surface area (Å²) in [5.41, 5.74) is 1.72. The van der Waals surface area contributed by atoms with E-state index in [-0.39, 0.29) is 0 Å². The fraction of sp³-hybridized carbons (Fsp3) is 0.700. The monoisotopic (exact) mass is 317 g/mol. The molecule has 1 aliphatic carbocycles. The van der Waals surface area contributed by atoms with Gasteiger partial charge in [0.2, 0.25) is 0 Å². The molecule has 1 heterocycles. The van der Waals surface area contributed by atoms with E-state index in [2.05, 4.69) is 49.1 Å². The van der Waals surface area contributed by atoms with Crippen LogP contribution in [0.2, 0.25) is 0 Å². The van der Waals surface area contributed by atoms with Crippen LogP contribution in [-0.4, -0.2) is 44.4 Å². The first kappa shape index (κ1) is 16.9. The van der Waals surface area contributed by atoms with Gasteiger partial charge in [-0.15, -0.1) is 0 Å². The molecule has 3 heteroatoms. The second-order valence-electron chi connectivity index (χ2n) is 7.69. The Balaban J connectivity index is 1.35. The van der Waals surface area contributed by atoms with Crippen LogP contribution in [0.25, 0.3) is 0 Å². The highest BCUT2D eigenvalue weighted by atomic mass is 16.5. The average molecular weight is 317 g/mol. The number of morpholine rings is 1. The lowest BCUT2D eigenvalue weighted by Gasteiger charge is -2.54. The fourth-order valence-electron chi connectivity index (χ4n) is 4.01. The van der Waals surface area contributed by atoms with Crippen molar-refractivity contribution in [3.8, 4) is 0 Å². The zero-order valence-electron chi connectivity index (χ0n) is 14.7. The molecule has 2 aliphatic rings. The predicted molar refractivity (Wildman–Crippen MR) is 93.4 cm³/mol. The van der Waals surface area contributed by atoms with Gasteiger partial charge in [0, 0.05) is 26.2 Å². The molecule has 2 fully saturated rings. The zero-order valence-corrected chi connectivity index (χ0v) is 14.7. The third-order valence-electron chi connectivity index (χ3n) is 5.98. The van der Waals surface area contributed by atoms with Gasteiger partial charge in [0.1, 0.15) is 0 Å².